The maximum Gasteiger partial charge on any atom is 0.155 e. The van der Waals surface area contributed by atoms with Crippen LogP contribution < -0.4 is 16.6 Å². The van der Waals surface area contributed by atoms with Crippen LogP contribution in [-0.2, 0) is 14.3 Å². The Balaban J connectivity index is 0. The Kier molecular flexibility index (Phi) is 19.8. The first kappa shape index (κ1) is 18.8. The van der Waals surface area contributed by atoms with Crippen molar-refractivity contribution in [2.45, 2.75) is 20.8 Å². The second-order valence-electron chi connectivity index (χ2n) is 3.07. The number of nitrogens with two attached hydrogens (primary N) is 1. The van der Waals surface area contributed by atoms with Gasteiger partial charge in [0, 0.05) is 19.6 Å². The van der Waals surface area contributed by atoms with Crippen molar-refractivity contribution in [2.75, 3.05) is 46.1 Å². The Morgan fingerprint density at radius 2 is 1.59 bits per heavy atom. The lowest BCUT2D eigenvalue weighted by Crippen LogP contribution is -2.28. The fourth-order valence-electron chi connectivity index (χ4n) is 0.863. The van der Waals surface area contributed by atoms with E-state index >= 15 is 0 Å². The molecule has 6 nitrogen and oxygen atoms in total. The summed E-state index contributed by atoms with van der Waals surface area (Å²) < 4.78 is 10.3. The molecule has 17 heavy (non-hydrogen) atoms. The van der Waals surface area contributed by atoms with Crippen molar-refractivity contribution in [3.63, 3.8) is 0 Å². The second-order valence-corrected chi connectivity index (χ2v) is 3.07. The molecule has 0 amide bonds. The van der Waals surface area contributed by atoms with Crippen LogP contribution in [-0.4, -0.2) is 51.8 Å². The second kappa shape index (κ2) is 17.9. The molecule has 0 saturated heterocycles. The van der Waals surface area contributed by atoms with Crippen LogP contribution in [0.3, 0.4) is 0 Å². The standard InChI is InChI=1S/C9H21N3O3.C2H6/c1-9(13)8-15-6-3-11-2-5-14-7-4-12-10;1-2/h11-12H,2-8,10H2,1H3;1-2H3. The minimum atomic E-state index is 0.0487. The summed E-state index contributed by atoms with van der Waals surface area (Å²) in [5, 5.41) is 3.12. The normalized spacial score (nSPS) is 9.65. The molecule has 0 heterocycles. The molecular formula is C11H27N3O3. The van der Waals surface area contributed by atoms with Crippen LogP contribution in [0.2, 0.25) is 0 Å². The highest BCUT2D eigenvalue weighted by molar-refractivity contribution is 5.76. The van der Waals surface area contributed by atoms with E-state index in [0.717, 1.165) is 13.1 Å². The topological polar surface area (TPSA) is 85.6 Å². The molecular weight excluding hydrogens is 222 g/mol. The SMILES string of the molecule is CC.CC(=O)COCCNCCOCCNN. The highest BCUT2D eigenvalue weighted by Crippen LogP contribution is 1.76. The van der Waals surface area contributed by atoms with Crippen LogP contribution in [0.5, 0.6) is 0 Å². The Morgan fingerprint density at radius 1 is 1.06 bits per heavy atom. The number of carbonyl (C=O) groups excluding carboxylic acids is 1. The van der Waals surface area contributed by atoms with Crippen molar-refractivity contribution in [3.05, 3.63) is 0 Å². The summed E-state index contributed by atoms with van der Waals surface area (Å²) in [6, 6.07) is 0. The molecule has 0 aromatic heterocycles. The minimum Gasteiger partial charge on any atom is -0.379 e. The quantitative estimate of drug-likeness (QED) is 0.264. The molecule has 0 atom stereocenters. The van der Waals surface area contributed by atoms with Crippen molar-refractivity contribution in [3.8, 4) is 0 Å². The lowest BCUT2D eigenvalue weighted by molar-refractivity contribution is -0.121. The van der Waals surface area contributed by atoms with E-state index in [4.69, 9.17) is 15.3 Å². The summed E-state index contributed by atoms with van der Waals surface area (Å²) in [5.74, 6) is 5.11. The number of hydrogen-bond acceptors (Lipinski definition) is 6. The van der Waals surface area contributed by atoms with Crippen LogP contribution in [0.15, 0.2) is 0 Å². The van der Waals surface area contributed by atoms with Crippen LogP contribution in [0, 0.1) is 0 Å². The Hall–Kier alpha value is -0.530. The number of ether oxygens (including phenoxy) is 2. The third kappa shape index (κ3) is 21.3. The molecule has 0 aromatic rings. The third-order valence-electron chi connectivity index (χ3n) is 1.54. The van der Waals surface area contributed by atoms with Crippen LogP contribution in [0.25, 0.3) is 0 Å². The summed E-state index contributed by atoms with van der Waals surface area (Å²) >= 11 is 0. The van der Waals surface area contributed by atoms with Gasteiger partial charge < -0.3 is 14.8 Å². The third-order valence-corrected chi connectivity index (χ3v) is 1.54. The highest BCUT2D eigenvalue weighted by Gasteiger charge is 1.92. The van der Waals surface area contributed by atoms with Gasteiger partial charge in [-0.3, -0.25) is 16.1 Å². The number of rotatable bonds is 11. The van der Waals surface area contributed by atoms with E-state index in [0.29, 0.717) is 26.4 Å². The number of hydrogen-bond donors (Lipinski definition) is 3. The van der Waals surface area contributed by atoms with Gasteiger partial charge >= 0.3 is 0 Å². The maximum absolute atomic E-state index is 10.5. The molecule has 0 spiro atoms. The molecule has 104 valence electrons. The summed E-state index contributed by atoms with van der Waals surface area (Å²) in [5.41, 5.74) is 2.50. The predicted molar refractivity (Wildman–Crippen MR) is 68.7 cm³/mol. The van der Waals surface area contributed by atoms with Crippen LogP contribution in [0.1, 0.15) is 20.8 Å². The van der Waals surface area contributed by atoms with Gasteiger partial charge in [-0.2, -0.15) is 0 Å². The summed E-state index contributed by atoms with van der Waals surface area (Å²) in [7, 11) is 0. The number of Topliss-reactive ketones (excluding diaryl/α,β-unsaturated/α-hetero) is 1. The molecule has 0 aliphatic rings. The maximum atomic E-state index is 10.5. The van der Waals surface area contributed by atoms with Gasteiger partial charge in [0.25, 0.3) is 0 Å². The molecule has 4 N–H and O–H groups in total. The zero-order valence-corrected chi connectivity index (χ0v) is 11.3. The number of ketones is 1. The summed E-state index contributed by atoms with van der Waals surface area (Å²) in [6.07, 6.45) is 0. The fraction of sp³-hybridized carbons (Fsp3) is 0.909. The van der Waals surface area contributed by atoms with Gasteiger partial charge in [0.2, 0.25) is 0 Å². The number of carbonyl (C=O) groups is 1. The Bertz CT molecular complexity index is 157. The van der Waals surface area contributed by atoms with Crippen molar-refractivity contribution < 1.29 is 14.3 Å². The Labute approximate surface area is 104 Å². The van der Waals surface area contributed by atoms with E-state index in [2.05, 4.69) is 10.7 Å². The van der Waals surface area contributed by atoms with Crippen LogP contribution >= 0.6 is 0 Å². The van der Waals surface area contributed by atoms with Gasteiger partial charge in [-0.1, -0.05) is 13.8 Å². The molecule has 0 radical (unpaired) electrons. The van der Waals surface area contributed by atoms with E-state index in [-0.39, 0.29) is 12.4 Å². The molecule has 0 aliphatic carbocycles. The lowest BCUT2D eigenvalue weighted by Gasteiger charge is -2.06. The van der Waals surface area contributed by atoms with E-state index in [1.807, 2.05) is 13.8 Å². The molecule has 0 rings (SSSR count). The van der Waals surface area contributed by atoms with Gasteiger partial charge in [0.05, 0.1) is 19.8 Å². The first-order valence-electron chi connectivity index (χ1n) is 6.06. The molecule has 0 unspecified atom stereocenters. The van der Waals surface area contributed by atoms with Gasteiger partial charge in [0.1, 0.15) is 6.61 Å². The van der Waals surface area contributed by atoms with E-state index in [9.17, 15) is 4.79 Å². The molecule has 0 aromatic carbocycles. The predicted octanol–water partition coefficient (Wildman–Crippen LogP) is -0.312. The number of hydrazine groups is 1. The van der Waals surface area contributed by atoms with Gasteiger partial charge in [-0.15, -0.1) is 0 Å². The summed E-state index contributed by atoms with van der Waals surface area (Å²) in [4.78, 5) is 10.5. The lowest BCUT2D eigenvalue weighted by atomic mass is 10.5. The number of nitrogens with one attached hydrogen (secondary N) is 2. The molecule has 0 bridgehead atoms. The van der Waals surface area contributed by atoms with Gasteiger partial charge in [0.15, 0.2) is 5.78 Å². The molecule has 6 heteroatoms. The van der Waals surface area contributed by atoms with Crippen molar-refractivity contribution in [1.82, 2.24) is 10.7 Å². The van der Waals surface area contributed by atoms with Gasteiger partial charge in [-0.05, 0) is 6.92 Å². The van der Waals surface area contributed by atoms with E-state index in [1.165, 1.54) is 6.92 Å². The average molecular weight is 249 g/mol. The zero-order valence-electron chi connectivity index (χ0n) is 11.3. The van der Waals surface area contributed by atoms with Crippen molar-refractivity contribution in [2.24, 2.45) is 5.84 Å². The van der Waals surface area contributed by atoms with E-state index in [1.54, 1.807) is 0 Å². The molecule has 0 aliphatic heterocycles. The van der Waals surface area contributed by atoms with Crippen molar-refractivity contribution in [1.29, 1.82) is 0 Å². The Morgan fingerprint density at radius 3 is 2.12 bits per heavy atom. The fourth-order valence-corrected chi connectivity index (χ4v) is 0.863. The highest BCUT2D eigenvalue weighted by atomic mass is 16.5. The largest absolute Gasteiger partial charge is 0.379 e. The molecule has 0 fully saturated rings. The van der Waals surface area contributed by atoms with E-state index < -0.39 is 0 Å². The first-order chi connectivity index (χ1) is 8.27. The average Bonchev–Trinajstić information content (AvgIpc) is 2.34. The van der Waals surface area contributed by atoms with Crippen molar-refractivity contribution >= 4 is 5.78 Å². The molecule has 0 saturated carbocycles. The summed E-state index contributed by atoms with van der Waals surface area (Å²) in [6.45, 7) is 9.66. The van der Waals surface area contributed by atoms with Crippen LogP contribution in [0.4, 0.5) is 0 Å². The van der Waals surface area contributed by atoms with Gasteiger partial charge in [-0.25, -0.2) is 0 Å². The minimum absolute atomic E-state index is 0.0487. The first-order valence-corrected chi connectivity index (χ1v) is 6.06. The monoisotopic (exact) mass is 249 g/mol. The smallest absolute Gasteiger partial charge is 0.155 e. The zero-order chi connectivity index (χ0) is 13.4.